The van der Waals surface area contributed by atoms with Gasteiger partial charge in [0.15, 0.2) is 14.5 Å². The highest BCUT2D eigenvalue weighted by Gasteiger charge is 2.40. The molecule has 0 saturated heterocycles. The first kappa shape index (κ1) is 20.6. The molecule has 0 aliphatic rings. The summed E-state index contributed by atoms with van der Waals surface area (Å²) in [5.41, 5.74) is 1.58. The molecule has 0 N–H and O–H groups in total. The normalized spacial score (nSPS) is 12.0. The van der Waals surface area contributed by atoms with Crippen LogP contribution in [0, 0.1) is 0 Å². The number of hydrogen-bond donors (Lipinski definition) is 0. The van der Waals surface area contributed by atoms with E-state index in [2.05, 4.69) is 0 Å². The Morgan fingerprint density at radius 2 is 1.23 bits per heavy atom. The molecule has 0 saturated carbocycles. The van der Waals surface area contributed by atoms with Crippen LogP contribution >= 0.6 is 7.60 Å². The van der Waals surface area contributed by atoms with Crippen LogP contribution < -0.4 is 0 Å². The minimum Gasteiger partial charge on any atom is -0.305 e. The second-order valence-corrected chi connectivity index (χ2v) is 9.73. The van der Waals surface area contributed by atoms with Gasteiger partial charge in [-0.25, -0.2) is 8.42 Å². The van der Waals surface area contributed by atoms with Crippen molar-refractivity contribution in [3.05, 3.63) is 76.4 Å². The van der Waals surface area contributed by atoms with Crippen LogP contribution in [0.5, 0.6) is 0 Å². The smallest absolute Gasteiger partial charge is 0.305 e. The molecule has 0 radical (unpaired) electrons. The average molecular weight is 394 g/mol. The molecular weight excluding hydrogens is 371 g/mol. The highest BCUT2D eigenvalue weighted by Crippen LogP contribution is 2.61. The third kappa shape index (κ3) is 4.71. The van der Waals surface area contributed by atoms with Gasteiger partial charge in [0.1, 0.15) is 0 Å². The number of rotatable bonds is 8. The van der Waals surface area contributed by atoms with Crippen molar-refractivity contribution < 1.29 is 22.0 Å². The van der Waals surface area contributed by atoms with E-state index in [1.807, 2.05) is 12.1 Å². The van der Waals surface area contributed by atoms with Crippen LogP contribution in [0.1, 0.15) is 25.0 Å². The summed E-state index contributed by atoms with van der Waals surface area (Å²) < 4.78 is 49.4. The first-order valence-electron chi connectivity index (χ1n) is 8.28. The molecule has 2 aromatic rings. The van der Waals surface area contributed by atoms with Gasteiger partial charge >= 0.3 is 7.60 Å². The van der Waals surface area contributed by atoms with Crippen LogP contribution in [-0.2, 0) is 23.4 Å². The van der Waals surface area contributed by atoms with Gasteiger partial charge in [0.25, 0.3) is 0 Å². The van der Waals surface area contributed by atoms with Crippen LogP contribution in [0.15, 0.2) is 65.3 Å². The van der Waals surface area contributed by atoms with Crippen molar-refractivity contribution in [2.45, 2.75) is 13.8 Å². The van der Waals surface area contributed by atoms with Crippen LogP contribution in [0.4, 0.5) is 0 Å². The molecule has 0 aliphatic heterocycles. The summed E-state index contributed by atoms with van der Waals surface area (Å²) >= 11 is 0. The molecule has 0 bridgehead atoms. The second kappa shape index (κ2) is 8.78. The van der Waals surface area contributed by atoms with E-state index < -0.39 is 17.4 Å². The van der Waals surface area contributed by atoms with Gasteiger partial charge in [0.05, 0.1) is 13.2 Å². The molecule has 0 amide bonds. The lowest BCUT2D eigenvalue weighted by Gasteiger charge is -2.22. The monoisotopic (exact) mass is 394 g/mol. The van der Waals surface area contributed by atoms with E-state index in [1.54, 1.807) is 62.4 Å². The molecule has 7 heteroatoms. The second-order valence-electron chi connectivity index (χ2n) is 5.52. The maximum absolute atomic E-state index is 13.5. The Bertz CT molecular complexity index is 854. The Labute approximate surface area is 155 Å². The van der Waals surface area contributed by atoms with E-state index in [4.69, 9.17) is 9.05 Å². The summed E-state index contributed by atoms with van der Waals surface area (Å²) in [5, 5.41) is 0. The average Bonchev–Trinajstić information content (AvgIpc) is 2.60. The zero-order valence-corrected chi connectivity index (χ0v) is 16.8. The zero-order chi connectivity index (χ0) is 19.2. The minimum atomic E-state index is -4.05. The summed E-state index contributed by atoms with van der Waals surface area (Å²) in [6, 6.07) is 17.9. The SMILES string of the molecule is CCOP(=O)(OCC)C(=C(c1ccccc1)c1ccccc1)S(C)(=O)=O. The lowest BCUT2D eigenvalue weighted by molar-refractivity contribution is 0.228. The van der Waals surface area contributed by atoms with Crippen molar-refractivity contribution in [3.63, 3.8) is 0 Å². The fraction of sp³-hybridized carbons (Fsp3) is 0.263. The van der Waals surface area contributed by atoms with Gasteiger partial charge in [-0.1, -0.05) is 60.7 Å². The zero-order valence-electron chi connectivity index (χ0n) is 15.1. The minimum absolute atomic E-state index is 0.0627. The molecule has 0 aromatic heterocycles. The Morgan fingerprint density at radius 3 is 1.54 bits per heavy atom. The van der Waals surface area contributed by atoms with E-state index in [-0.39, 0.29) is 17.9 Å². The molecule has 5 nitrogen and oxygen atoms in total. The van der Waals surface area contributed by atoms with Crippen molar-refractivity contribution in [2.24, 2.45) is 0 Å². The third-order valence-electron chi connectivity index (χ3n) is 3.54. The largest absolute Gasteiger partial charge is 0.373 e. The quantitative estimate of drug-likeness (QED) is 0.606. The van der Waals surface area contributed by atoms with E-state index in [1.165, 1.54) is 0 Å². The maximum atomic E-state index is 13.5. The molecular formula is C19H23O5PS. The van der Waals surface area contributed by atoms with E-state index >= 15 is 0 Å². The predicted molar refractivity (Wildman–Crippen MR) is 105 cm³/mol. The van der Waals surface area contributed by atoms with E-state index in [0.717, 1.165) is 6.26 Å². The van der Waals surface area contributed by atoms with Crippen molar-refractivity contribution >= 4 is 23.0 Å². The predicted octanol–water partition coefficient (Wildman–Crippen LogP) is 4.71. The number of sulfone groups is 1. The van der Waals surface area contributed by atoms with Crippen LogP contribution in [0.25, 0.3) is 5.57 Å². The summed E-state index contributed by atoms with van der Waals surface area (Å²) in [4.78, 5) is 0. The van der Waals surface area contributed by atoms with Crippen molar-refractivity contribution in [1.29, 1.82) is 0 Å². The molecule has 140 valence electrons. The molecule has 0 unspecified atom stereocenters. The topological polar surface area (TPSA) is 69.7 Å². The molecule has 0 atom stereocenters. The Kier molecular flexibility index (Phi) is 6.95. The molecule has 2 aromatic carbocycles. The van der Waals surface area contributed by atoms with Gasteiger partial charge in [-0.2, -0.15) is 0 Å². The highest BCUT2D eigenvalue weighted by atomic mass is 32.2. The van der Waals surface area contributed by atoms with Gasteiger partial charge in [-0.3, -0.25) is 4.57 Å². The standard InChI is InChI=1S/C19H23O5PS/c1-4-23-25(20,24-5-2)19(26(3,21)22)18(16-12-8-6-9-13-16)17-14-10-7-11-15-17/h6-15H,4-5H2,1-3H3. The van der Waals surface area contributed by atoms with Crippen molar-refractivity contribution in [2.75, 3.05) is 19.5 Å². The fourth-order valence-corrected chi connectivity index (χ4v) is 6.71. The Morgan fingerprint density at radius 1 is 0.846 bits per heavy atom. The van der Waals surface area contributed by atoms with Gasteiger partial charge in [-0.05, 0) is 25.0 Å². The molecule has 2 rings (SSSR count). The first-order chi connectivity index (χ1) is 12.3. The van der Waals surface area contributed by atoms with Crippen LogP contribution in [0.2, 0.25) is 0 Å². The first-order valence-corrected chi connectivity index (χ1v) is 11.7. The van der Waals surface area contributed by atoms with Crippen molar-refractivity contribution in [3.8, 4) is 0 Å². The Balaban J connectivity index is 2.95. The molecule has 26 heavy (non-hydrogen) atoms. The van der Waals surface area contributed by atoms with Crippen LogP contribution in [0.3, 0.4) is 0 Å². The van der Waals surface area contributed by atoms with Gasteiger partial charge in [0.2, 0.25) is 0 Å². The maximum Gasteiger partial charge on any atom is 0.373 e. The summed E-state index contributed by atoms with van der Waals surface area (Å²) in [7, 11) is -7.94. The molecule has 0 heterocycles. The van der Waals surface area contributed by atoms with E-state index in [0.29, 0.717) is 16.7 Å². The van der Waals surface area contributed by atoms with Crippen LogP contribution in [-0.4, -0.2) is 27.9 Å². The number of hydrogen-bond acceptors (Lipinski definition) is 5. The lowest BCUT2D eigenvalue weighted by atomic mass is 10.00. The van der Waals surface area contributed by atoms with Gasteiger partial charge in [0, 0.05) is 11.8 Å². The summed E-state index contributed by atoms with van der Waals surface area (Å²) in [5.74, 6) is 0. The third-order valence-corrected chi connectivity index (χ3v) is 8.03. The van der Waals surface area contributed by atoms with Crippen molar-refractivity contribution in [1.82, 2.24) is 0 Å². The molecule has 0 aliphatic carbocycles. The summed E-state index contributed by atoms with van der Waals surface area (Å²) in [6.45, 7) is 3.42. The van der Waals surface area contributed by atoms with Gasteiger partial charge in [-0.15, -0.1) is 0 Å². The van der Waals surface area contributed by atoms with E-state index in [9.17, 15) is 13.0 Å². The molecule has 0 fully saturated rings. The highest BCUT2D eigenvalue weighted by molar-refractivity contribution is 8.03. The molecule has 0 spiro atoms. The number of benzene rings is 2. The fourth-order valence-electron chi connectivity index (χ4n) is 2.64. The Hall–Kier alpha value is -1.72. The summed E-state index contributed by atoms with van der Waals surface area (Å²) in [6.07, 6.45) is 1.03. The van der Waals surface area contributed by atoms with Gasteiger partial charge < -0.3 is 9.05 Å². The lowest BCUT2D eigenvalue weighted by Crippen LogP contribution is -2.11.